The lowest BCUT2D eigenvalue weighted by Gasteiger charge is -2.51. The van der Waals surface area contributed by atoms with Gasteiger partial charge in [0.2, 0.25) is 0 Å². The van der Waals surface area contributed by atoms with Crippen molar-refractivity contribution in [2.24, 2.45) is 11.6 Å². The van der Waals surface area contributed by atoms with Crippen molar-refractivity contribution in [2.45, 2.75) is 30.9 Å². The van der Waals surface area contributed by atoms with Crippen molar-refractivity contribution in [1.82, 2.24) is 19.6 Å². The van der Waals surface area contributed by atoms with Gasteiger partial charge in [-0.05, 0) is 35.6 Å². The van der Waals surface area contributed by atoms with Crippen LogP contribution in [0.4, 0.5) is 0 Å². The zero-order chi connectivity index (χ0) is 25.9. The molecule has 1 aliphatic carbocycles. The highest BCUT2D eigenvalue weighted by molar-refractivity contribution is 7.08. The highest BCUT2D eigenvalue weighted by atomic mass is 32.1. The molecule has 0 radical (unpaired) electrons. The van der Waals surface area contributed by atoms with Crippen LogP contribution in [0.3, 0.4) is 0 Å². The third kappa shape index (κ3) is 3.73. The second-order valence-electron chi connectivity index (χ2n) is 10.4. The van der Waals surface area contributed by atoms with Crippen molar-refractivity contribution < 1.29 is 4.84 Å². The van der Waals surface area contributed by atoms with Gasteiger partial charge in [-0.1, -0.05) is 54.6 Å². The van der Waals surface area contributed by atoms with Crippen molar-refractivity contribution in [3.05, 3.63) is 95.3 Å². The van der Waals surface area contributed by atoms with Gasteiger partial charge in [-0.2, -0.15) is 21.0 Å². The predicted molar refractivity (Wildman–Crippen MR) is 151 cm³/mol. The molecule has 38 heavy (non-hydrogen) atoms. The van der Waals surface area contributed by atoms with E-state index in [1.54, 1.807) is 11.3 Å². The first-order chi connectivity index (χ1) is 18.4. The molecule has 1 saturated carbocycles. The standard InChI is InChI=1S/C30H26N6OS/c1-29(37-32)17-30(31,18-29)23-9-7-20(8-10-23)27-24(19-5-3-2-4-6-19)13-22-15-33-26-14-25(21-11-12-38-16-21)35-36(26)28(22)34-27/h2-16H,17-18,31-32H2,1H3/t29-,30-. The van der Waals surface area contributed by atoms with Gasteiger partial charge in [-0.3, -0.25) is 4.84 Å². The van der Waals surface area contributed by atoms with Gasteiger partial charge in [0.25, 0.3) is 0 Å². The van der Waals surface area contributed by atoms with E-state index in [0.717, 1.165) is 55.9 Å². The number of rotatable bonds is 5. The molecule has 0 saturated heterocycles. The fourth-order valence-corrected chi connectivity index (χ4v) is 6.33. The van der Waals surface area contributed by atoms with Crippen molar-refractivity contribution in [1.29, 1.82) is 0 Å². The molecule has 0 aliphatic heterocycles. The molecule has 7 nitrogen and oxygen atoms in total. The van der Waals surface area contributed by atoms with Gasteiger partial charge in [-0.15, -0.1) is 0 Å². The number of nitrogens with zero attached hydrogens (tertiary/aromatic N) is 4. The number of hydrogen-bond donors (Lipinski definition) is 2. The molecule has 8 heteroatoms. The van der Waals surface area contributed by atoms with Gasteiger partial charge in [0, 0.05) is 58.1 Å². The molecule has 4 N–H and O–H groups in total. The van der Waals surface area contributed by atoms with E-state index in [0.29, 0.717) is 12.8 Å². The number of fused-ring (bicyclic) bond motifs is 3. The summed E-state index contributed by atoms with van der Waals surface area (Å²) in [6.07, 6.45) is 3.23. The number of thiophene rings is 1. The van der Waals surface area contributed by atoms with E-state index in [2.05, 4.69) is 64.3 Å². The van der Waals surface area contributed by atoms with Gasteiger partial charge in [0.05, 0.1) is 17.0 Å². The second-order valence-corrected chi connectivity index (χ2v) is 11.2. The third-order valence-electron chi connectivity index (χ3n) is 7.56. The van der Waals surface area contributed by atoms with Crippen LogP contribution < -0.4 is 11.6 Å². The number of hydrogen-bond acceptors (Lipinski definition) is 7. The molecule has 6 aromatic rings. The fraction of sp³-hybridized carbons (Fsp3) is 0.167. The monoisotopic (exact) mass is 518 g/mol. The van der Waals surface area contributed by atoms with Crippen LogP contribution in [0.5, 0.6) is 0 Å². The van der Waals surface area contributed by atoms with E-state index < -0.39 is 5.54 Å². The SMILES string of the molecule is C[C@]1(ON)C[C@@](N)(c2ccc(-c3nc4c(cnc5cc(-c6ccsc6)nn54)cc3-c3ccccc3)cc2)C1. The van der Waals surface area contributed by atoms with Crippen LogP contribution >= 0.6 is 11.3 Å². The molecule has 0 atom stereocenters. The van der Waals surface area contributed by atoms with E-state index >= 15 is 0 Å². The summed E-state index contributed by atoms with van der Waals surface area (Å²) >= 11 is 1.65. The summed E-state index contributed by atoms with van der Waals surface area (Å²) < 4.78 is 1.84. The molecule has 0 unspecified atom stereocenters. The fourth-order valence-electron chi connectivity index (χ4n) is 5.68. The van der Waals surface area contributed by atoms with Gasteiger partial charge in [0.1, 0.15) is 0 Å². The highest BCUT2D eigenvalue weighted by Gasteiger charge is 2.51. The van der Waals surface area contributed by atoms with Crippen LogP contribution in [-0.2, 0) is 10.4 Å². The van der Waals surface area contributed by atoms with Crippen LogP contribution in [0.2, 0.25) is 0 Å². The van der Waals surface area contributed by atoms with E-state index in [9.17, 15) is 0 Å². The van der Waals surface area contributed by atoms with Crippen LogP contribution in [0.15, 0.2) is 89.8 Å². The maximum absolute atomic E-state index is 6.70. The maximum atomic E-state index is 6.70. The number of pyridine rings is 1. The smallest absolute Gasteiger partial charge is 0.165 e. The van der Waals surface area contributed by atoms with E-state index in [-0.39, 0.29) is 5.60 Å². The summed E-state index contributed by atoms with van der Waals surface area (Å²) in [6.45, 7) is 1.99. The Morgan fingerprint density at radius 2 is 1.74 bits per heavy atom. The topological polar surface area (TPSA) is 104 Å². The van der Waals surface area contributed by atoms with E-state index in [1.165, 1.54) is 0 Å². The largest absolute Gasteiger partial charge is 0.321 e. The summed E-state index contributed by atoms with van der Waals surface area (Å²) in [5.41, 5.74) is 14.4. The van der Waals surface area contributed by atoms with Crippen molar-refractivity contribution in [3.8, 4) is 33.6 Å². The Labute approximate surface area is 223 Å². The molecule has 4 heterocycles. The average Bonchev–Trinajstić information content (AvgIpc) is 3.62. The Hall–Kier alpha value is -3.95. The Morgan fingerprint density at radius 3 is 2.45 bits per heavy atom. The predicted octanol–water partition coefficient (Wildman–Crippen LogP) is 5.94. The lowest BCUT2D eigenvalue weighted by Crippen LogP contribution is -2.60. The first-order valence-corrected chi connectivity index (χ1v) is 13.4. The minimum atomic E-state index is -0.448. The molecule has 0 amide bonds. The Bertz CT molecular complexity index is 1770. The Morgan fingerprint density at radius 1 is 0.947 bits per heavy atom. The van der Waals surface area contributed by atoms with Gasteiger partial charge in [0.15, 0.2) is 11.3 Å². The summed E-state index contributed by atoms with van der Waals surface area (Å²) in [7, 11) is 0. The molecule has 188 valence electrons. The molecule has 0 bridgehead atoms. The van der Waals surface area contributed by atoms with Gasteiger partial charge < -0.3 is 5.73 Å². The van der Waals surface area contributed by atoms with E-state index in [4.69, 9.17) is 26.6 Å². The minimum Gasteiger partial charge on any atom is -0.321 e. The first-order valence-electron chi connectivity index (χ1n) is 12.5. The van der Waals surface area contributed by atoms with Crippen LogP contribution in [0, 0.1) is 0 Å². The average molecular weight is 519 g/mol. The maximum Gasteiger partial charge on any atom is 0.165 e. The lowest BCUT2D eigenvalue weighted by molar-refractivity contribution is -0.130. The third-order valence-corrected chi connectivity index (χ3v) is 8.24. The van der Waals surface area contributed by atoms with Crippen molar-refractivity contribution in [2.75, 3.05) is 0 Å². The van der Waals surface area contributed by atoms with Crippen LogP contribution in [0.1, 0.15) is 25.3 Å². The number of nitrogens with two attached hydrogens (primary N) is 2. The zero-order valence-corrected chi connectivity index (χ0v) is 21.7. The highest BCUT2D eigenvalue weighted by Crippen LogP contribution is 2.48. The molecule has 1 fully saturated rings. The van der Waals surface area contributed by atoms with Gasteiger partial charge in [-0.25, -0.2) is 15.9 Å². The summed E-state index contributed by atoms with van der Waals surface area (Å²) in [5.74, 6) is 5.48. The quantitative estimate of drug-likeness (QED) is 0.274. The molecule has 2 aromatic carbocycles. The minimum absolute atomic E-state index is 0.376. The Kier molecular flexibility index (Phi) is 5.21. The van der Waals surface area contributed by atoms with Crippen molar-refractivity contribution >= 4 is 28.0 Å². The van der Waals surface area contributed by atoms with Crippen molar-refractivity contribution in [3.63, 3.8) is 0 Å². The van der Waals surface area contributed by atoms with Gasteiger partial charge >= 0.3 is 0 Å². The Balaban J connectivity index is 1.38. The molecule has 7 rings (SSSR count). The van der Waals surface area contributed by atoms with Crippen LogP contribution in [0.25, 0.3) is 50.3 Å². The first kappa shape index (κ1) is 23.2. The lowest BCUT2D eigenvalue weighted by atomic mass is 9.63. The normalized spacial score (nSPS) is 21.1. The molecule has 1 aliphatic rings. The van der Waals surface area contributed by atoms with E-state index in [1.807, 2.05) is 41.9 Å². The second kappa shape index (κ2) is 8.54. The summed E-state index contributed by atoms with van der Waals surface area (Å²) in [6, 6.07) is 24.9. The zero-order valence-electron chi connectivity index (χ0n) is 20.8. The number of aromatic nitrogens is 4. The summed E-state index contributed by atoms with van der Waals surface area (Å²) in [4.78, 5) is 15.0. The molecule has 4 aromatic heterocycles. The molecular formula is C30H26N6OS. The number of benzene rings is 2. The summed E-state index contributed by atoms with van der Waals surface area (Å²) in [5, 5.41) is 9.93. The molecule has 0 spiro atoms. The van der Waals surface area contributed by atoms with Crippen LogP contribution in [-0.4, -0.2) is 25.2 Å². The molecular weight excluding hydrogens is 492 g/mol.